The van der Waals surface area contributed by atoms with Crippen LogP contribution in [0.1, 0.15) is 29.2 Å². The fraction of sp³-hybridized carbons (Fsp3) is 0.400. The van der Waals surface area contributed by atoms with Crippen LogP contribution in [0.5, 0.6) is 0 Å². The van der Waals surface area contributed by atoms with Gasteiger partial charge in [0.2, 0.25) is 0 Å². The molecule has 4 rings (SSSR count). The second-order valence-corrected chi connectivity index (χ2v) is 13.2. The zero-order valence-corrected chi connectivity index (χ0v) is 26.3. The lowest BCUT2D eigenvalue weighted by atomic mass is 10.0. The van der Waals surface area contributed by atoms with Gasteiger partial charge in [-0.2, -0.15) is 16.8 Å². The molecule has 3 aromatic rings. The van der Waals surface area contributed by atoms with Gasteiger partial charge in [-0.1, -0.05) is 36.4 Å². The lowest BCUT2D eigenvalue weighted by Gasteiger charge is -2.35. The van der Waals surface area contributed by atoms with Crippen molar-refractivity contribution >= 4 is 20.2 Å². The van der Waals surface area contributed by atoms with Crippen molar-refractivity contribution in [1.29, 1.82) is 0 Å². The number of ether oxygens (including phenoxy) is 1. The zero-order chi connectivity index (χ0) is 32.8. The Morgan fingerprint density at radius 2 is 1.00 bits per heavy atom. The largest absolute Gasteiger partial charge is 0.367 e. The van der Waals surface area contributed by atoms with Crippen LogP contribution < -0.4 is 0 Å². The lowest BCUT2D eigenvalue weighted by molar-refractivity contribution is 0.0451. The van der Waals surface area contributed by atoms with E-state index in [0.717, 1.165) is 63.2 Å². The van der Waals surface area contributed by atoms with E-state index >= 15 is 0 Å². The Kier molecular flexibility index (Phi) is 15.4. The second-order valence-electron chi connectivity index (χ2n) is 10.2. The fourth-order valence-electron chi connectivity index (χ4n) is 4.35. The maximum atomic E-state index is 13.4. The number of hydrogen-bond donors (Lipinski definition) is 2. The maximum Gasteiger partial charge on any atom is 0.261 e. The van der Waals surface area contributed by atoms with Gasteiger partial charge >= 0.3 is 0 Å². The molecule has 2 N–H and O–H groups in total. The van der Waals surface area contributed by atoms with Gasteiger partial charge in [0.25, 0.3) is 20.2 Å². The van der Waals surface area contributed by atoms with Crippen LogP contribution in [0.3, 0.4) is 0 Å². The van der Waals surface area contributed by atoms with Crippen LogP contribution in [-0.2, 0) is 31.4 Å². The summed E-state index contributed by atoms with van der Waals surface area (Å²) < 4.78 is 97.8. The summed E-state index contributed by atoms with van der Waals surface area (Å²) in [6, 6.07) is 19.3. The summed E-state index contributed by atoms with van der Waals surface area (Å²) >= 11 is 0. The summed E-state index contributed by atoms with van der Waals surface area (Å²) in [5, 5.41) is 0. The minimum absolute atomic E-state index is 0.189. The van der Waals surface area contributed by atoms with Gasteiger partial charge in [0.1, 0.15) is 23.6 Å². The number of aryl methyl sites for hydroxylation is 1. The van der Waals surface area contributed by atoms with Crippen molar-refractivity contribution in [2.24, 2.45) is 0 Å². The molecule has 0 bridgehead atoms. The topological polar surface area (TPSA) is 124 Å². The molecule has 0 saturated carbocycles. The third-order valence-corrected chi connectivity index (χ3v) is 6.36. The molecular formula is C30H39F3N2O7S2. The van der Waals surface area contributed by atoms with Crippen LogP contribution in [-0.4, -0.2) is 94.1 Å². The molecule has 9 nitrogen and oxygen atoms in total. The highest BCUT2D eigenvalue weighted by atomic mass is 32.2. The Morgan fingerprint density at radius 1 is 0.659 bits per heavy atom. The van der Waals surface area contributed by atoms with Gasteiger partial charge in [-0.15, -0.1) is 0 Å². The maximum absolute atomic E-state index is 13.4. The number of piperazine rings is 1. The molecule has 0 spiro atoms. The van der Waals surface area contributed by atoms with Crippen molar-refractivity contribution in [3.63, 3.8) is 0 Å². The van der Waals surface area contributed by atoms with Gasteiger partial charge in [-0.05, 0) is 72.5 Å². The van der Waals surface area contributed by atoms with Gasteiger partial charge in [-0.3, -0.25) is 14.0 Å². The molecule has 1 fully saturated rings. The van der Waals surface area contributed by atoms with Crippen molar-refractivity contribution < 1.29 is 43.8 Å². The van der Waals surface area contributed by atoms with E-state index in [1.165, 1.54) is 42.0 Å². The quantitative estimate of drug-likeness (QED) is 0.303. The summed E-state index contributed by atoms with van der Waals surface area (Å²) in [7, 11) is -7.33. The van der Waals surface area contributed by atoms with E-state index in [1.807, 2.05) is 12.1 Å². The minimum atomic E-state index is -3.67. The Balaban J connectivity index is 0.000000586. The molecule has 0 aromatic heterocycles. The molecule has 0 unspecified atom stereocenters. The van der Waals surface area contributed by atoms with Crippen molar-refractivity contribution in [2.45, 2.75) is 18.9 Å². The molecule has 44 heavy (non-hydrogen) atoms. The Morgan fingerprint density at radius 3 is 1.39 bits per heavy atom. The van der Waals surface area contributed by atoms with Crippen LogP contribution in [0.2, 0.25) is 0 Å². The first-order valence-electron chi connectivity index (χ1n) is 13.7. The Labute approximate surface area is 257 Å². The molecule has 0 radical (unpaired) electrons. The molecule has 14 heteroatoms. The lowest BCUT2D eigenvalue weighted by Crippen LogP contribution is -2.47. The van der Waals surface area contributed by atoms with Gasteiger partial charge < -0.3 is 9.64 Å². The van der Waals surface area contributed by atoms with E-state index in [1.54, 1.807) is 24.3 Å². The van der Waals surface area contributed by atoms with Crippen molar-refractivity contribution in [2.75, 3.05) is 58.4 Å². The zero-order valence-electron chi connectivity index (χ0n) is 24.7. The first-order chi connectivity index (χ1) is 20.6. The molecule has 244 valence electrons. The standard InChI is InChI=1S/C28H31F3N2O.2CH4O3S/c29-25-9-3-22(4-10-25)2-1-15-32-16-18-33(19-17-32)20-21-34-28(23-5-11-26(30)12-6-23)24-7-13-27(31)14-8-24;2*1-5(2,3)4/h3-14,28H,1-2,15-21H2;2*1H3,(H,2,3,4). The Hall–Kier alpha value is -2.85. The molecule has 1 saturated heterocycles. The third-order valence-electron chi connectivity index (χ3n) is 6.36. The highest BCUT2D eigenvalue weighted by Crippen LogP contribution is 2.26. The summed E-state index contributed by atoms with van der Waals surface area (Å²) in [5.41, 5.74) is 2.87. The predicted octanol–water partition coefficient (Wildman–Crippen LogP) is 4.47. The summed E-state index contributed by atoms with van der Waals surface area (Å²) in [5.74, 6) is -0.778. The van der Waals surface area contributed by atoms with Crippen molar-refractivity contribution in [3.8, 4) is 0 Å². The molecule has 0 aliphatic carbocycles. The van der Waals surface area contributed by atoms with E-state index in [4.69, 9.17) is 13.8 Å². The fourth-order valence-corrected chi connectivity index (χ4v) is 4.35. The van der Waals surface area contributed by atoms with E-state index in [2.05, 4.69) is 9.80 Å². The number of benzene rings is 3. The number of nitrogens with zero attached hydrogens (tertiary/aromatic N) is 2. The number of halogens is 3. The van der Waals surface area contributed by atoms with Crippen molar-refractivity contribution in [3.05, 3.63) is 107 Å². The second kappa shape index (κ2) is 18.2. The molecular weight excluding hydrogens is 621 g/mol. The van der Waals surface area contributed by atoms with Crippen LogP contribution >= 0.6 is 0 Å². The molecule has 1 aliphatic rings. The molecule has 0 atom stereocenters. The average Bonchev–Trinajstić information content (AvgIpc) is 2.93. The van der Waals surface area contributed by atoms with Gasteiger partial charge in [-0.25, -0.2) is 13.2 Å². The highest BCUT2D eigenvalue weighted by Gasteiger charge is 2.19. The number of rotatable bonds is 10. The third kappa shape index (κ3) is 17.4. The van der Waals surface area contributed by atoms with Gasteiger partial charge in [0.15, 0.2) is 0 Å². The van der Waals surface area contributed by atoms with E-state index in [9.17, 15) is 30.0 Å². The summed E-state index contributed by atoms with van der Waals surface area (Å²) in [4.78, 5) is 4.86. The predicted molar refractivity (Wildman–Crippen MR) is 163 cm³/mol. The molecule has 3 aromatic carbocycles. The smallest absolute Gasteiger partial charge is 0.261 e. The van der Waals surface area contributed by atoms with Crippen LogP contribution in [0.15, 0.2) is 72.8 Å². The highest BCUT2D eigenvalue weighted by molar-refractivity contribution is 7.85. The van der Waals surface area contributed by atoms with Crippen LogP contribution in [0.4, 0.5) is 13.2 Å². The molecule has 1 heterocycles. The molecule has 1 aliphatic heterocycles. The van der Waals surface area contributed by atoms with Crippen LogP contribution in [0.25, 0.3) is 0 Å². The average molecular weight is 661 g/mol. The first kappa shape index (κ1) is 37.3. The van der Waals surface area contributed by atoms with Crippen molar-refractivity contribution in [1.82, 2.24) is 9.80 Å². The minimum Gasteiger partial charge on any atom is -0.367 e. The number of hydrogen-bond acceptors (Lipinski definition) is 7. The Bertz CT molecular complexity index is 1380. The first-order valence-corrected chi connectivity index (χ1v) is 17.4. The summed E-state index contributed by atoms with van der Waals surface area (Å²) in [6.07, 6.45) is 3.09. The van der Waals surface area contributed by atoms with E-state index in [-0.39, 0.29) is 23.6 Å². The van der Waals surface area contributed by atoms with Gasteiger partial charge in [0.05, 0.1) is 19.1 Å². The van der Waals surface area contributed by atoms with E-state index < -0.39 is 20.2 Å². The van der Waals surface area contributed by atoms with Crippen LogP contribution in [0, 0.1) is 17.5 Å². The molecule has 0 amide bonds. The van der Waals surface area contributed by atoms with Gasteiger partial charge in [0, 0.05) is 32.7 Å². The summed E-state index contributed by atoms with van der Waals surface area (Å²) in [6.45, 7) is 6.38. The SMILES string of the molecule is CS(=O)(=O)O.CS(=O)(=O)O.Fc1ccc(CCCN2CCN(CCOC(c3ccc(F)cc3)c3ccc(F)cc3)CC2)cc1. The monoisotopic (exact) mass is 660 g/mol. The normalized spacial score (nSPS) is 14.4. The van der Waals surface area contributed by atoms with E-state index in [0.29, 0.717) is 19.1 Å².